The molecule has 0 atom stereocenters. The Hall–Kier alpha value is -3.84. The summed E-state index contributed by atoms with van der Waals surface area (Å²) in [7, 11) is 2.01. The maximum Gasteiger partial charge on any atom is 0.345 e. The Kier molecular flexibility index (Phi) is 6.07. The van der Waals surface area contributed by atoms with Crippen LogP contribution in [0, 0.1) is 6.92 Å². The average molecular weight is 446 g/mol. The summed E-state index contributed by atoms with van der Waals surface area (Å²) < 4.78 is 2.12. The molecule has 2 heterocycles. The van der Waals surface area contributed by atoms with Crippen molar-refractivity contribution in [3.63, 3.8) is 0 Å². The minimum Gasteiger partial charge on any atom is -0.506 e. The topological polar surface area (TPSA) is 107 Å². The molecule has 0 amide bonds. The van der Waals surface area contributed by atoms with Gasteiger partial charge in [0.25, 0.3) is 5.56 Å². The van der Waals surface area contributed by atoms with Crippen LogP contribution in [0.5, 0.6) is 5.75 Å². The zero-order chi connectivity index (χ0) is 23.7. The van der Waals surface area contributed by atoms with Crippen LogP contribution in [0.4, 0.5) is 0 Å². The van der Waals surface area contributed by atoms with E-state index in [0.29, 0.717) is 29.8 Å². The summed E-state index contributed by atoms with van der Waals surface area (Å²) in [6.45, 7) is 5.38. The summed E-state index contributed by atoms with van der Waals surface area (Å²) in [5, 5.41) is 24.2. The number of carboxylic acid groups (broad SMARTS) is 1. The lowest BCUT2D eigenvalue weighted by Gasteiger charge is -2.12. The average Bonchev–Trinajstić information content (AvgIpc) is 3.09. The van der Waals surface area contributed by atoms with E-state index in [2.05, 4.69) is 40.0 Å². The van der Waals surface area contributed by atoms with E-state index in [4.69, 9.17) is 0 Å². The van der Waals surface area contributed by atoms with Crippen molar-refractivity contribution in [2.24, 2.45) is 7.05 Å². The van der Waals surface area contributed by atoms with Crippen LogP contribution < -0.4 is 10.9 Å². The molecule has 0 radical (unpaired) electrons. The van der Waals surface area contributed by atoms with Gasteiger partial charge in [0.05, 0.1) is 5.69 Å². The lowest BCUT2D eigenvalue weighted by Crippen LogP contribution is -2.20. The molecule has 0 aliphatic carbocycles. The quantitative estimate of drug-likeness (QED) is 0.343. The van der Waals surface area contributed by atoms with Crippen LogP contribution in [0.1, 0.15) is 39.7 Å². The molecule has 0 saturated carbocycles. The largest absolute Gasteiger partial charge is 0.506 e. The monoisotopic (exact) mass is 445 g/mol. The molecule has 2 aromatic carbocycles. The SMILES string of the molecule is CCc1c(-c2ccc3c(c2)cc(CNCc2ccccc2C)n3C)[nH]c(=O)c(C(=O)O)c1O. The maximum atomic E-state index is 12.3. The molecule has 7 heteroatoms. The van der Waals surface area contributed by atoms with Crippen molar-refractivity contribution < 1.29 is 15.0 Å². The molecular weight excluding hydrogens is 418 g/mol. The molecular formula is C26H27N3O4. The van der Waals surface area contributed by atoms with E-state index in [0.717, 1.165) is 23.1 Å². The molecule has 0 unspecified atom stereocenters. The molecule has 7 nitrogen and oxygen atoms in total. The highest BCUT2D eigenvalue weighted by molar-refractivity contribution is 5.92. The van der Waals surface area contributed by atoms with E-state index in [-0.39, 0.29) is 0 Å². The molecule has 2 aromatic heterocycles. The van der Waals surface area contributed by atoms with Crippen molar-refractivity contribution in [2.45, 2.75) is 33.4 Å². The smallest absolute Gasteiger partial charge is 0.345 e. The Balaban J connectivity index is 1.66. The standard InChI is InChI=1S/C26H27N3O4/c1-4-20-23(28-25(31)22(24(20)30)26(32)33)16-9-10-21-18(11-16)12-19(29(21)3)14-27-13-17-8-6-5-7-15(17)2/h5-12,27H,4,13-14H2,1-3H3,(H,32,33)(H2,28,30,31). The predicted octanol–water partition coefficient (Wildman–Crippen LogP) is 4.10. The number of carbonyl (C=O) groups is 1. The number of hydrogen-bond acceptors (Lipinski definition) is 4. The van der Waals surface area contributed by atoms with E-state index in [9.17, 15) is 19.8 Å². The van der Waals surface area contributed by atoms with Gasteiger partial charge in [0, 0.05) is 42.3 Å². The second-order valence-corrected chi connectivity index (χ2v) is 8.19. The summed E-state index contributed by atoms with van der Waals surface area (Å²) >= 11 is 0. The molecule has 0 aliphatic heterocycles. The van der Waals surface area contributed by atoms with Crippen LogP contribution in [0.15, 0.2) is 53.3 Å². The molecule has 0 spiro atoms. The van der Waals surface area contributed by atoms with Crippen LogP contribution in [0.2, 0.25) is 0 Å². The summed E-state index contributed by atoms with van der Waals surface area (Å²) in [5.41, 5.74) is 4.79. The molecule has 4 aromatic rings. The Morgan fingerprint density at radius 2 is 1.88 bits per heavy atom. The fourth-order valence-corrected chi connectivity index (χ4v) is 4.28. The van der Waals surface area contributed by atoms with Crippen LogP contribution >= 0.6 is 0 Å². The van der Waals surface area contributed by atoms with E-state index < -0.39 is 22.8 Å². The second-order valence-electron chi connectivity index (χ2n) is 8.19. The Bertz CT molecular complexity index is 1420. The number of H-pyrrole nitrogens is 1. The minimum absolute atomic E-state index is 0.374. The number of nitrogens with zero attached hydrogens (tertiary/aromatic N) is 1. The molecule has 170 valence electrons. The molecule has 4 N–H and O–H groups in total. The lowest BCUT2D eigenvalue weighted by atomic mass is 9.99. The number of benzene rings is 2. The molecule has 0 saturated heterocycles. The van der Waals surface area contributed by atoms with E-state index >= 15 is 0 Å². The van der Waals surface area contributed by atoms with Gasteiger partial charge >= 0.3 is 5.97 Å². The van der Waals surface area contributed by atoms with Gasteiger partial charge in [-0.2, -0.15) is 0 Å². The van der Waals surface area contributed by atoms with Crippen molar-refractivity contribution >= 4 is 16.9 Å². The van der Waals surface area contributed by atoms with E-state index in [1.54, 1.807) is 0 Å². The summed E-state index contributed by atoms with van der Waals surface area (Å²) in [5.74, 6) is -1.92. The second kappa shape index (κ2) is 8.96. The van der Waals surface area contributed by atoms with Gasteiger partial charge < -0.3 is 25.1 Å². The highest BCUT2D eigenvalue weighted by Gasteiger charge is 2.22. The first-order valence-electron chi connectivity index (χ1n) is 10.9. The summed E-state index contributed by atoms with van der Waals surface area (Å²) in [6, 6.07) is 16.2. The van der Waals surface area contributed by atoms with Crippen LogP contribution in [0.25, 0.3) is 22.2 Å². The third-order valence-electron chi connectivity index (χ3n) is 6.17. The van der Waals surface area contributed by atoms with Crippen LogP contribution in [0.3, 0.4) is 0 Å². The fourth-order valence-electron chi connectivity index (χ4n) is 4.28. The first-order valence-corrected chi connectivity index (χ1v) is 10.9. The molecule has 0 aliphatic rings. The summed E-state index contributed by atoms with van der Waals surface area (Å²) in [6.07, 6.45) is 0.374. The zero-order valence-corrected chi connectivity index (χ0v) is 18.9. The number of rotatable bonds is 7. The van der Waals surface area contributed by atoms with Gasteiger partial charge in [-0.1, -0.05) is 37.3 Å². The van der Waals surface area contributed by atoms with Gasteiger partial charge in [-0.3, -0.25) is 4.79 Å². The number of pyridine rings is 1. The third-order valence-corrected chi connectivity index (χ3v) is 6.17. The van der Waals surface area contributed by atoms with Gasteiger partial charge in [0.2, 0.25) is 0 Å². The Labute approximate surface area is 191 Å². The summed E-state index contributed by atoms with van der Waals surface area (Å²) in [4.78, 5) is 26.4. The number of nitrogens with one attached hydrogen (secondary N) is 2. The first-order chi connectivity index (χ1) is 15.8. The maximum absolute atomic E-state index is 12.3. The van der Waals surface area contributed by atoms with Crippen molar-refractivity contribution in [3.8, 4) is 17.0 Å². The van der Waals surface area contributed by atoms with Crippen LogP contribution in [-0.4, -0.2) is 25.7 Å². The van der Waals surface area contributed by atoms with Gasteiger partial charge in [0.15, 0.2) is 5.56 Å². The minimum atomic E-state index is -1.45. The van der Waals surface area contributed by atoms with Crippen molar-refractivity contribution in [1.29, 1.82) is 0 Å². The predicted molar refractivity (Wildman–Crippen MR) is 129 cm³/mol. The van der Waals surface area contributed by atoms with E-state index in [1.807, 2.05) is 44.3 Å². The van der Waals surface area contributed by atoms with Gasteiger partial charge in [-0.05, 0) is 48.2 Å². The number of aromatic hydroxyl groups is 1. The molecule has 33 heavy (non-hydrogen) atoms. The highest BCUT2D eigenvalue weighted by Crippen LogP contribution is 2.32. The number of aromatic carboxylic acids is 1. The van der Waals surface area contributed by atoms with Gasteiger partial charge in [-0.15, -0.1) is 0 Å². The number of carboxylic acids is 1. The number of aromatic nitrogens is 2. The molecule has 0 bridgehead atoms. The lowest BCUT2D eigenvalue weighted by molar-refractivity contribution is 0.0691. The third kappa shape index (κ3) is 4.15. The number of aromatic amines is 1. The number of hydrogen-bond donors (Lipinski definition) is 4. The van der Waals surface area contributed by atoms with Crippen molar-refractivity contribution in [1.82, 2.24) is 14.9 Å². The molecule has 0 fully saturated rings. The zero-order valence-electron chi connectivity index (χ0n) is 18.9. The van der Waals surface area contributed by atoms with Crippen molar-refractivity contribution in [3.05, 3.63) is 86.8 Å². The first kappa shape index (κ1) is 22.4. The Morgan fingerprint density at radius 3 is 2.58 bits per heavy atom. The Morgan fingerprint density at radius 1 is 1.12 bits per heavy atom. The number of aryl methyl sites for hydroxylation is 2. The highest BCUT2D eigenvalue weighted by atomic mass is 16.4. The normalized spacial score (nSPS) is 11.2. The van der Waals surface area contributed by atoms with Crippen molar-refractivity contribution in [2.75, 3.05) is 0 Å². The van der Waals surface area contributed by atoms with E-state index in [1.165, 1.54) is 11.1 Å². The van der Waals surface area contributed by atoms with Crippen LogP contribution in [-0.2, 0) is 26.6 Å². The van der Waals surface area contributed by atoms with Gasteiger partial charge in [0.1, 0.15) is 5.75 Å². The van der Waals surface area contributed by atoms with Gasteiger partial charge in [-0.25, -0.2) is 4.79 Å². The number of fused-ring (bicyclic) bond motifs is 1. The fraction of sp³-hybridized carbons (Fsp3) is 0.231. The molecule has 4 rings (SSSR count).